The zero-order valence-electron chi connectivity index (χ0n) is 15.3. The van der Waals surface area contributed by atoms with Crippen LogP contribution in [0.4, 0.5) is 5.13 Å². The Morgan fingerprint density at radius 3 is 2.67 bits per heavy atom. The summed E-state index contributed by atoms with van der Waals surface area (Å²) in [5, 5.41) is 3.36. The highest BCUT2D eigenvalue weighted by Crippen LogP contribution is 2.21. The van der Waals surface area contributed by atoms with Gasteiger partial charge in [0.25, 0.3) is 5.91 Å². The first kappa shape index (κ1) is 20.0. The Kier molecular flexibility index (Phi) is 6.62. The fraction of sp³-hybridized carbons (Fsp3) is 0.421. The molecule has 1 fully saturated rings. The summed E-state index contributed by atoms with van der Waals surface area (Å²) < 4.78 is 6.56. The molecule has 1 aliphatic rings. The number of ether oxygens (including phenoxy) is 1. The van der Waals surface area contributed by atoms with E-state index in [4.69, 9.17) is 4.74 Å². The van der Waals surface area contributed by atoms with Crippen LogP contribution >= 0.6 is 27.3 Å². The Morgan fingerprint density at radius 2 is 2.07 bits per heavy atom. The summed E-state index contributed by atoms with van der Waals surface area (Å²) in [6, 6.07) is 7.14. The maximum absolute atomic E-state index is 13.0. The van der Waals surface area contributed by atoms with Gasteiger partial charge in [-0.05, 0) is 51.0 Å². The lowest BCUT2D eigenvalue weighted by Crippen LogP contribution is -2.42. The van der Waals surface area contributed by atoms with Crippen LogP contribution in [0.3, 0.4) is 0 Å². The Morgan fingerprint density at radius 1 is 1.33 bits per heavy atom. The third-order valence-electron chi connectivity index (χ3n) is 4.44. The van der Waals surface area contributed by atoms with Gasteiger partial charge in [-0.3, -0.25) is 9.59 Å². The quantitative estimate of drug-likeness (QED) is 0.724. The summed E-state index contributed by atoms with van der Waals surface area (Å²) in [6.07, 6.45) is 1.85. The van der Waals surface area contributed by atoms with E-state index in [1.807, 2.05) is 26.0 Å². The van der Waals surface area contributed by atoms with Crippen molar-refractivity contribution in [2.24, 2.45) is 0 Å². The fourth-order valence-corrected chi connectivity index (χ4v) is 3.98. The molecule has 1 aromatic carbocycles. The molecule has 3 rings (SSSR count). The molecule has 144 valence electrons. The predicted octanol–water partition coefficient (Wildman–Crippen LogP) is 3.78. The molecule has 1 atom stereocenters. The van der Waals surface area contributed by atoms with E-state index in [9.17, 15) is 9.59 Å². The zero-order chi connectivity index (χ0) is 19.4. The number of thiazole rings is 1. The van der Waals surface area contributed by atoms with Crippen molar-refractivity contribution in [1.82, 2.24) is 9.88 Å². The van der Waals surface area contributed by atoms with Crippen molar-refractivity contribution in [2.75, 3.05) is 25.0 Å². The van der Waals surface area contributed by atoms with Crippen LogP contribution in [0.5, 0.6) is 0 Å². The molecule has 2 heterocycles. The maximum Gasteiger partial charge on any atom is 0.254 e. The van der Waals surface area contributed by atoms with E-state index in [-0.39, 0.29) is 24.5 Å². The molecular formula is C19H22BrN3O3S. The first-order chi connectivity index (χ1) is 12.9. The third kappa shape index (κ3) is 5.37. The predicted molar refractivity (Wildman–Crippen MR) is 109 cm³/mol. The van der Waals surface area contributed by atoms with Crippen LogP contribution in [-0.4, -0.2) is 47.5 Å². The van der Waals surface area contributed by atoms with Crippen molar-refractivity contribution >= 4 is 44.2 Å². The van der Waals surface area contributed by atoms with Gasteiger partial charge in [0.2, 0.25) is 5.91 Å². The van der Waals surface area contributed by atoms with E-state index in [1.54, 1.807) is 17.0 Å². The van der Waals surface area contributed by atoms with Gasteiger partial charge in [0.05, 0.1) is 11.8 Å². The minimum Gasteiger partial charge on any atom is -0.376 e. The fourth-order valence-electron chi connectivity index (χ4n) is 2.89. The van der Waals surface area contributed by atoms with Gasteiger partial charge in [-0.2, -0.15) is 0 Å². The molecule has 0 radical (unpaired) electrons. The number of carbonyl (C=O) groups is 2. The highest BCUT2D eigenvalue weighted by atomic mass is 79.9. The van der Waals surface area contributed by atoms with Gasteiger partial charge in [0, 0.05) is 28.1 Å². The van der Waals surface area contributed by atoms with Crippen molar-refractivity contribution in [2.45, 2.75) is 32.8 Å². The van der Waals surface area contributed by atoms with Crippen LogP contribution in [0.15, 0.2) is 28.7 Å². The number of nitrogens with one attached hydrogen (secondary N) is 1. The highest BCUT2D eigenvalue weighted by Gasteiger charge is 2.25. The molecular weight excluding hydrogens is 430 g/mol. The van der Waals surface area contributed by atoms with Gasteiger partial charge in [-0.15, -0.1) is 11.3 Å². The Labute approximate surface area is 171 Å². The molecule has 0 aliphatic carbocycles. The molecule has 1 aliphatic heterocycles. The maximum atomic E-state index is 13.0. The minimum absolute atomic E-state index is 0.0263. The monoisotopic (exact) mass is 451 g/mol. The van der Waals surface area contributed by atoms with E-state index in [0.29, 0.717) is 23.8 Å². The van der Waals surface area contributed by atoms with Gasteiger partial charge < -0.3 is 15.0 Å². The third-order valence-corrected chi connectivity index (χ3v) is 5.95. The lowest BCUT2D eigenvalue weighted by atomic mass is 10.1. The second kappa shape index (κ2) is 8.95. The standard InChI is InChI=1S/C19H22BrN3O3S/c1-12-13(2)27-19(21-12)22-17(24)11-23(10-16-4-3-9-26-16)18(25)14-5-7-15(20)8-6-14/h5-8,16H,3-4,9-11H2,1-2H3,(H,21,22,24). The van der Waals surface area contributed by atoms with Crippen molar-refractivity contribution < 1.29 is 14.3 Å². The topological polar surface area (TPSA) is 71.5 Å². The van der Waals surface area contributed by atoms with E-state index >= 15 is 0 Å². The van der Waals surface area contributed by atoms with Crippen molar-refractivity contribution in [3.8, 4) is 0 Å². The Bertz CT molecular complexity index is 797. The van der Waals surface area contributed by atoms with Crippen molar-refractivity contribution in [3.63, 3.8) is 0 Å². The van der Waals surface area contributed by atoms with Gasteiger partial charge in [0.1, 0.15) is 6.54 Å². The summed E-state index contributed by atoms with van der Waals surface area (Å²) in [5.74, 6) is -0.438. The van der Waals surface area contributed by atoms with E-state index in [1.165, 1.54) is 11.3 Å². The number of hydrogen-bond acceptors (Lipinski definition) is 5. The SMILES string of the molecule is Cc1nc(NC(=O)CN(CC2CCCO2)C(=O)c2ccc(Br)cc2)sc1C. The number of carbonyl (C=O) groups excluding carboxylic acids is 2. The number of rotatable bonds is 6. The molecule has 2 amide bonds. The molecule has 27 heavy (non-hydrogen) atoms. The van der Waals surface area contributed by atoms with Crippen LogP contribution in [-0.2, 0) is 9.53 Å². The lowest BCUT2D eigenvalue weighted by Gasteiger charge is -2.25. The highest BCUT2D eigenvalue weighted by molar-refractivity contribution is 9.10. The normalized spacial score (nSPS) is 16.3. The second-order valence-electron chi connectivity index (χ2n) is 6.54. The summed E-state index contributed by atoms with van der Waals surface area (Å²) in [7, 11) is 0. The summed E-state index contributed by atoms with van der Waals surface area (Å²) in [6.45, 7) is 4.94. The molecule has 1 unspecified atom stereocenters. The van der Waals surface area contributed by atoms with Crippen molar-refractivity contribution in [3.05, 3.63) is 44.9 Å². The van der Waals surface area contributed by atoms with E-state index < -0.39 is 0 Å². The number of benzene rings is 1. The molecule has 0 bridgehead atoms. The molecule has 2 aromatic rings. The van der Waals surface area contributed by atoms with Crippen LogP contribution in [0, 0.1) is 13.8 Å². The average molecular weight is 452 g/mol. The number of aromatic nitrogens is 1. The Balaban J connectivity index is 1.71. The molecule has 8 heteroatoms. The number of halogens is 1. The summed E-state index contributed by atoms with van der Waals surface area (Å²) in [4.78, 5) is 32.4. The first-order valence-electron chi connectivity index (χ1n) is 8.82. The smallest absolute Gasteiger partial charge is 0.254 e. The van der Waals surface area contributed by atoms with E-state index in [0.717, 1.165) is 27.9 Å². The molecule has 1 N–H and O–H groups in total. The number of anilines is 1. The molecule has 0 saturated carbocycles. The van der Waals surface area contributed by atoms with Gasteiger partial charge in [0.15, 0.2) is 5.13 Å². The van der Waals surface area contributed by atoms with Gasteiger partial charge in [-0.1, -0.05) is 15.9 Å². The van der Waals surface area contributed by atoms with Crippen LogP contribution in [0.2, 0.25) is 0 Å². The minimum atomic E-state index is -0.257. The largest absolute Gasteiger partial charge is 0.376 e. The van der Waals surface area contributed by atoms with Crippen molar-refractivity contribution in [1.29, 1.82) is 0 Å². The van der Waals surface area contributed by atoms with E-state index in [2.05, 4.69) is 26.2 Å². The van der Waals surface area contributed by atoms with Crippen LogP contribution in [0.25, 0.3) is 0 Å². The lowest BCUT2D eigenvalue weighted by molar-refractivity contribution is -0.117. The number of amides is 2. The number of hydrogen-bond donors (Lipinski definition) is 1. The first-order valence-corrected chi connectivity index (χ1v) is 10.4. The molecule has 1 saturated heterocycles. The summed E-state index contributed by atoms with van der Waals surface area (Å²) in [5.41, 5.74) is 1.45. The Hall–Kier alpha value is -1.77. The van der Waals surface area contributed by atoms with Crippen LogP contribution < -0.4 is 5.32 Å². The summed E-state index contributed by atoms with van der Waals surface area (Å²) >= 11 is 4.81. The number of nitrogens with zero attached hydrogens (tertiary/aromatic N) is 2. The molecule has 0 spiro atoms. The van der Waals surface area contributed by atoms with Gasteiger partial charge >= 0.3 is 0 Å². The zero-order valence-corrected chi connectivity index (χ0v) is 17.7. The average Bonchev–Trinajstić information content (AvgIpc) is 3.24. The number of aryl methyl sites for hydroxylation is 2. The van der Waals surface area contributed by atoms with Crippen LogP contribution in [0.1, 0.15) is 33.8 Å². The molecule has 6 nitrogen and oxygen atoms in total. The molecule has 1 aromatic heterocycles. The van der Waals surface area contributed by atoms with Gasteiger partial charge in [-0.25, -0.2) is 4.98 Å². The second-order valence-corrected chi connectivity index (χ2v) is 8.66.